The van der Waals surface area contributed by atoms with Crippen molar-refractivity contribution < 1.29 is 18.0 Å². The zero-order valence-electron chi connectivity index (χ0n) is 11.3. The van der Waals surface area contributed by atoms with Gasteiger partial charge in [0.05, 0.1) is 11.0 Å². The van der Waals surface area contributed by atoms with E-state index in [1.165, 1.54) is 9.13 Å². The fourth-order valence-corrected chi connectivity index (χ4v) is 2.13. The van der Waals surface area contributed by atoms with Crippen LogP contribution in [0, 0.1) is 0 Å². The summed E-state index contributed by atoms with van der Waals surface area (Å²) in [6.45, 7) is 0.341. The van der Waals surface area contributed by atoms with Crippen LogP contribution in [0.3, 0.4) is 0 Å². The molecule has 114 valence electrons. The summed E-state index contributed by atoms with van der Waals surface area (Å²) in [5.41, 5.74) is 0.751. The minimum atomic E-state index is -4.47. The first-order chi connectivity index (χ1) is 9.83. The highest BCUT2D eigenvalue weighted by Gasteiger charge is 2.28. The molecule has 0 fully saturated rings. The molecule has 0 saturated carbocycles. The van der Waals surface area contributed by atoms with Crippen LogP contribution in [0.5, 0.6) is 0 Å². The van der Waals surface area contributed by atoms with Gasteiger partial charge in [-0.25, -0.2) is 4.79 Å². The zero-order valence-corrected chi connectivity index (χ0v) is 11.3. The Labute approximate surface area is 118 Å². The summed E-state index contributed by atoms with van der Waals surface area (Å²) in [5, 5.41) is 1.76. The number of nitrogens with zero attached hydrogens (tertiary/aromatic N) is 2. The van der Waals surface area contributed by atoms with Gasteiger partial charge >= 0.3 is 11.9 Å². The van der Waals surface area contributed by atoms with Crippen molar-refractivity contribution in [1.29, 1.82) is 0 Å². The Morgan fingerprint density at radius 3 is 2.29 bits per heavy atom. The van der Waals surface area contributed by atoms with Gasteiger partial charge in [-0.2, -0.15) is 13.2 Å². The summed E-state index contributed by atoms with van der Waals surface area (Å²) < 4.78 is 38.8. The molecule has 1 heterocycles. The molecule has 0 atom stereocenters. The van der Waals surface area contributed by atoms with Crippen LogP contribution in [0.2, 0.25) is 0 Å². The van der Waals surface area contributed by atoms with Crippen LogP contribution in [0.1, 0.15) is 6.92 Å². The van der Waals surface area contributed by atoms with E-state index in [0.29, 0.717) is 17.6 Å². The number of fused-ring (bicyclic) bond motifs is 1. The molecule has 0 saturated heterocycles. The highest BCUT2D eigenvalue weighted by Crippen LogP contribution is 2.13. The van der Waals surface area contributed by atoms with Crippen LogP contribution in [0.4, 0.5) is 13.2 Å². The van der Waals surface area contributed by atoms with Crippen LogP contribution < -0.4 is 11.0 Å². The number of benzene rings is 1. The molecule has 0 bridgehead atoms. The zero-order chi connectivity index (χ0) is 15.6. The summed E-state index contributed by atoms with van der Waals surface area (Å²) >= 11 is 0. The number of hydrogen-bond donors (Lipinski definition) is 1. The summed E-state index contributed by atoms with van der Waals surface area (Å²) in [6, 6.07) is 6.83. The van der Waals surface area contributed by atoms with E-state index >= 15 is 0 Å². The normalized spacial score (nSPS) is 11.8. The van der Waals surface area contributed by atoms with Crippen molar-refractivity contribution in [2.24, 2.45) is 0 Å². The standard InChI is InChI=1S/C13H14F3N3O2/c1-2-18-9-5-3-4-6-10(9)19(12(18)21)7-11(20)17-8-13(14,15)16/h3-6H,2,7-8H2,1H3,(H,17,20). The molecule has 8 heteroatoms. The van der Waals surface area contributed by atoms with Gasteiger partial charge in [-0.15, -0.1) is 0 Å². The van der Waals surface area contributed by atoms with E-state index in [2.05, 4.69) is 0 Å². The molecular formula is C13H14F3N3O2. The van der Waals surface area contributed by atoms with Crippen LogP contribution in [0.25, 0.3) is 11.0 Å². The van der Waals surface area contributed by atoms with Crippen molar-refractivity contribution >= 4 is 16.9 Å². The molecule has 2 rings (SSSR count). The van der Waals surface area contributed by atoms with E-state index in [1.807, 2.05) is 0 Å². The lowest BCUT2D eigenvalue weighted by Gasteiger charge is -2.08. The maximum Gasteiger partial charge on any atom is 0.405 e. The summed E-state index contributed by atoms with van der Waals surface area (Å²) in [7, 11) is 0. The molecule has 1 aromatic heterocycles. The molecule has 1 aromatic carbocycles. The smallest absolute Gasteiger partial charge is 0.345 e. The lowest BCUT2D eigenvalue weighted by molar-refractivity contribution is -0.138. The Hall–Kier alpha value is -2.25. The Morgan fingerprint density at radius 1 is 1.19 bits per heavy atom. The van der Waals surface area contributed by atoms with Gasteiger partial charge in [-0.3, -0.25) is 13.9 Å². The number of alkyl halides is 3. The number of carbonyl (C=O) groups is 1. The van der Waals surface area contributed by atoms with E-state index in [1.54, 1.807) is 36.5 Å². The van der Waals surface area contributed by atoms with Crippen LogP contribution in [-0.2, 0) is 17.9 Å². The first-order valence-electron chi connectivity index (χ1n) is 6.35. The minimum Gasteiger partial charge on any atom is -0.345 e. The first kappa shape index (κ1) is 15.1. The number of nitrogens with one attached hydrogen (secondary N) is 1. The number of aromatic nitrogens is 2. The summed E-state index contributed by atoms with van der Waals surface area (Å²) in [4.78, 5) is 23.8. The average molecular weight is 301 g/mol. The molecule has 0 aliphatic heterocycles. The first-order valence-corrected chi connectivity index (χ1v) is 6.35. The Balaban J connectivity index is 2.29. The highest BCUT2D eigenvalue weighted by molar-refractivity contribution is 5.80. The van der Waals surface area contributed by atoms with Gasteiger partial charge < -0.3 is 5.32 Å². The number of rotatable bonds is 4. The molecule has 0 radical (unpaired) electrons. The van der Waals surface area contributed by atoms with Gasteiger partial charge in [0, 0.05) is 6.54 Å². The van der Waals surface area contributed by atoms with Crippen LogP contribution in [0.15, 0.2) is 29.1 Å². The third-order valence-electron chi connectivity index (χ3n) is 3.03. The van der Waals surface area contributed by atoms with E-state index in [0.717, 1.165) is 0 Å². The number of para-hydroxylation sites is 2. The third-order valence-corrected chi connectivity index (χ3v) is 3.03. The lowest BCUT2D eigenvalue weighted by atomic mass is 10.3. The number of hydrogen-bond acceptors (Lipinski definition) is 2. The van der Waals surface area contributed by atoms with Crippen molar-refractivity contribution in [2.45, 2.75) is 26.2 Å². The SMILES string of the molecule is CCn1c(=O)n(CC(=O)NCC(F)(F)F)c2ccccc21. The van der Waals surface area contributed by atoms with Crippen molar-refractivity contribution in [1.82, 2.24) is 14.5 Å². The molecule has 1 amide bonds. The van der Waals surface area contributed by atoms with E-state index in [-0.39, 0.29) is 0 Å². The average Bonchev–Trinajstić information content (AvgIpc) is 2.68. The van der Waals surface area contributed by atoms with Gasteiger partial charge in [0.25, 0.3) is 0 Å². The second-order valence-corrected chi connectivity index (χ2v) is 4.49. The van der Waals surface area contributed by atoms with Gasteiger partial charge in [-0.1, -0.05) is 12.1 Å². The number of imidazole rings is 1. The summed E-state index contributed by atoms with van der Waals surface area (Å²) in [6.07, 6.45) is -4.47. The van der Waals surface area contributed by atoms with Crippen molar-refractivity contribution in [3.05, 3.63) is 34.7 Å². The van der Waals surface area contributed by atoms with E-state index in [9.17, 15) is 22.8 Å². The quantitative estimate of drug-likeness (QED) is 0.930. The maximum atomic E-state index is 12.2. The molecular weight excluding hydrogens is 287 g/mol. The van der Waals surface area contributed by atoms with Gasteiger partial charge in [-0.05, 0) is 19.1 Å². The lowest BCUT2D eigenvalue weighted by Crippen LogP contribution is -2.38. The number of amides is 1. The third kappa shape index (κ3) is 3.26. The summed E-state index contributed by atoms with van der Waals surface area (Å²) in [5.74, 6) is -0.853. The molecule has 5 nitrogen and oxygen atoms in total. The Bertz CT molecular complexity index is 716. The molecule has 2 aromatic rings. The van der Waals surface area contributed by atoms with Crippen molar-refractivity contribution in [3.63, 3.8) is 0 Å². The molecule has 1 N–H and O–H groups in total. The minimum absolute atomic E-state index is 0.413. The number of halogens is 3. The molecule has 0 unspecified atom stereocenters. The number of carbonyl (C=O) groups excluding carboxylic acids is 1. The largest absolute Gasteiger partial charge is 0.405 e. The van der Waals surface area contributed by atoms with Gasteiger partial charge in [0.2, 0.25) is 5.91 Å². The molecule has 0 spiro atoms. The second kappa shape index (κ2) is 5.63. The van der Waals surface area contributed by atoms with Crippen LogP contribution >= 0.6 is 0 Å². The molecule has 0 aliphatic carbocycles. The predicted molar refractivity (Wildman–Crippen MR) is 70.9 cm³/mol. The molecule has 0 aliphatic rings. The van der Waals surface area contributed by atoms with Gasteiger partial charge in [0.1, 0.15) is 13.1 Å². The van der Waals surface area contributed by atoms with E-state index < -0.39 is 30.9 Å². The highest BCUT2D eigenvalue weighted by atomic mass is 19.4. The predicted octanol–water partition coefficient (Wildman–Crippen LogP) is 1.50. The topological polar surface area (TPSA) is 56.0 Å². The monoisotopic (exact) mass is 301 g/mol. The Morgan fingerprint density at radius 2 is 1.76 bits per heavy atom. The van der Waals surface area contributed by atoms with Crippen molar-refractivity contribution in [2.75, 3.05) is 6.54 Å². The van der Waals surface area contributed by atoms with Gasteiger partial charge in [0.15, 0.2) is 0 Å². The second-order valence-electron chi connectivity index (χ2n) is 4.49. The molecule has 21 heavy (non-hydrogen) atoms. The number of aryl methyl sites for hydroxylation is 1. The van der Waals surface area contributed by atoms with Crippen LogP contribution in [-0.4, -0.2) is 27.8 Å². The maximum absolute atomic E-state index is 12.2. The fraction of sp³-hybridized carbons (Fsp3) is 0.385. The van der Waals surface area contributed by atoms with Crippen molar-refractivity contribution in [3.8, 4) is 0 Å². The van der Waals surface area contributed by atoms with E-state index in [4.69, 9.17) is 0 Å². The Kier molecular flexibility index (Phi) is 4.06. The fourth-order valence-electron chi connectivity index (χ4n) is 2.13.